The van der Waals surface area contributed by atoms with Crippen molar-refractivity contribution in [2.45, 2.75) is 6.61 Å². The highest BCUT2D eigenvalue weighted by molar-refractivity contribution is 5.91. The van der Waals surface area contributed by atoms with Crippen LogP contribution in [0.3, 0.4) is 0 Å². The van der Waals surface area contributed by atoms with Crippen LogP contribution in [-0.2, 0) is 11.3 Å². The highest BCUT2D eigenvalue weighted by atomic mass is 16.5. The maximum Gasteiger partial charge on any atom is 0.338 e. The standard InChI is InChI=1S/C24H21NO3/c1-3-18-4-6-20(7-5-18)17-28-24(26)21-10-8-19(9-11-21)16-25-22-12-14-23(27-2)15-13-22/h3-16H,1,17H2,2H3. The van der Waals surface area contributed by atoms with Gasteiger partial charge in [0.05, 0.1) is 18.4 Å². The monoisotopic (exact) mass is 371 g/mol. The normalized spacial score (nSPS) is 10.6. The van der Waals surface area contributed by atoms with E-state index in [-0.39, 0.29) is 12.6 Å². The second-order valence-electron chi connectivity index (χ2n) is 6.10. The molecule has 0 heterocycles. The Morgan fingerprint density at radius 3 is 2.18 bits per heavy atom. The number of rotatable bonds is 7. The van der Waals surface area contributed by atoms with E-state index in [2.05, 4.69) is 11.6 Å². The van der Waals surface area contributed by atoms with Crippen molar-refractivity contribution in [1.29, 1.82) is 0 Å². The first kappa shape index (κ1) is 19.1. The van der Waals surface area contributed by atoms with Gasteiger partial charge in [0.2, 0.25) is 0 Å². The Morgan fingerprint density at radius 2 is 1.57 bits per heavy atom. The fraction of sp³-hybridized carbons (Fsp3) is 0.0833. The highest BCUT2D eigenvalue weighted by Crippen LogP contribution is 2.17. The molecule has 140 valence electrons. The lowest BCUT2D eigenvalue weighted by Gasteiger charge is -2.06. The fourth-order valence-corrected chi connectivity index (χ4v) is 2.50. The predicted molar refractivity (Wildman–Crippen MR) is 112 cm³/mol. The third-order valence-electron chi connectivity index (χ3n) is 4.17. The number of carbonyl (C=O) groups is 1. The molecule has 0 aliphatic rings. The van der Waals surface area contributed by atoms with Crippen LogP contribution in [0.4, 0.5) is 5.69 Å². The van der Waals surface area contributed by atoms with E-state index in [4.69, 9.17) is 9.47 Å². The summed E-state index contributed by atoms with van der Waals surface area (Å²) in [6, 6.07) is 22.3. The Hall–Kier alpha value is -3.66. The average molecular weight is 371 g/mol. The van der Waals surface area contributed by atoms with E-state index in [0.29, 0.717) is 5.56 Å². The molecule has 0 saturated carbocycles. The zero-order valence-corrected chi connectivity index (χ0v) is 15.7. The summed E-state index contributed by atoms with van der Waals surface area (Å²) in [5.74, 6) is 0.435. The van der Waals surface area contributed by atoms with Crippen LogP contribution in [0.1, 0.15) is 27.0 Å². The third kappa shape index (κ3) is 5.17. The largest absolute Gasteiger partial charge is 0.497 e. The smallest absolute Gasteiger partial charge is 0.338 e. The van der Waals surface area contributed by atoms with Gasteiger partial charge in [-0.2, -0.15) is 0 Å². The Morgan fingerprint density at radius 1 is 0.929 bits per heavy atom. The summed E-state index contributed by atoms with van der Waals surface area (Å²) >= 11 is 0. The summed E-state index contributed by atoms with van der Waals surface area (Å²) in [4.78, 5) is 16.6. The van der Waals surface area contributed by atoms with Gasteiger partial charge in [-0.15, -0.1) is 0 Å². The van der Waals surface area contributed by atoms with Crippen molar-refractivity contribution in [3.63, 3.8) is 0 Å². The van der Waals surface area contributed by atoms with Crippen LogP contribution in [0, 0.1) is 0 Å². The molecule has 0 aromatic heterocycles. The number of hydrogen-bond acceptors (Lipinski definition) is 4. The first-order chi connectivity index (χ1) is 13.7. The van der Waals surface area contributed by atoms with Gasteiger partial charge in [-0.3, -0.25) is 4.99 Å². The van der Waals surface area contributed by atoms with Crippen molar-refractivity contribution < 1.29 is 14.3 Å². The Balaban J connectivity index is 1.57. The lowest BCUT2D eigenvalue weighted by molar-refractivity contribution is 0.0472. The summed E-state index contributed by atoms with van der Waals surface area (Å²) in [6.07, 6.45) is 3.52. The molecule has 0 aliphatic carbocycles. The molecule has 4 heteroatoms. The number of esters is 1. The zero-order chi connectivity index (χ0) is 19.8. The first-order valence-corrected chi connectivity index (χ1v) is 8.84. The van der Waals surface area contributed by atoms with Crippen molar-refractivity contribution in [2.24, 2.45) is 4.99 Å². The van der Waals surface area contributed by atoms with Gasteiger partial charge >= 0.3 is 5.97 Å². The second kappa shape index (κ2) is 9.33. The summed E-state index contributed by atoms with van der Waals surface area (Å²) in [7, 11) is 1.63. The summed E-state index contributed by atoms with van der Waals surface area (Å²) in [6.45, 7) is 3.95. The number of ether oxygens (including phenoxy) is 2. The quantitative estimate of drug-likeness (QED) is 0.410. The average Bonchev–Trinajstić information content (AvgIpc) is 2.77. The molecule has 0 fully saturated rings. The number of aliphatic imine (C=N–C) groups is 1. The van der Waals surface area contributed by atoms with Gasteiger partial charge < -0.3 is 9.47 Å². The van der Waals surface area contributed by atoms with Crippen LogP contribution in [-0.4, -0.2) is 19.3 Å². The van der Waals surface area contributed by atoms with Gasteiger partial charge in [-0.1, -0.05) is 49.1 Å². The molecule has 28 heavy (non-hydrogen) atoms. The number of carbonyl (C=O) groups excluding carboxylic acids is 1. The van der Waals surface area contributed by atoms with E-state index in [9.17, 15) is 4.79 Å². The van der Waals surface area contributed by atoms with Crippen LogP contribution in [0.5, 0.6) is 5.75 Å². The van der Waals surface area contributed by atoms with Gasteiger partial charge in [-0.05, 0) is 53.1 Å². The summed E-state index contributed by atoms with van der Waals surface area (Å²) in [5, 5.41) is 0. The van der Waals surface area contributed by atoms with Crippen molar-refractivity contribution >= 4 is 23.9 Å². The number of benzene rings is 3. The van der Waals surface area contributed by atoms with Crippen molar-refractivity contribution in [2.75, 3.05) is 7.11 Å². The zero-order valence-electron chi connectivity index (χ0n) is 15.7. The molecule has 0 radical (unpaired) electrons. The number of methoxy groups -OCH3 is 1. The molecule has 0 amide bonds. The molecule has 3 aromatic rings. The lowest BCUT2D eigenvalue weighted by atomic mass is 10.1. The lowest BCUT2D eigenvalue weighted by Crippen LogP contribution is -2.05. The van der Waals surface area contributed by atoms with E-state index >= 15 is 0 Å². The minimum atomic E-state index is -0.355. The van der Waals surface area contributed by atoms with Crippen LogP contribution < -0.4 is 4.74 Å². The second-order valence-corrected chi connectivity index (χ2v) is 6.10. The topological polar surface area (TPSA) is 47.9 Å². The molecule has 3 rings (SSSR count). The Bertz CT molecular complexity index is 956. The van der Waals surface area contributed by atoms with Crippen LogP contribution in [0.25, 0.3) is 6.08 Å². The molecule has 0 saturated heterocycles. The van der Waals surface area contributed by atoms with Crippen molar-refractivity contribution in [1.82, 2.24) is 0 Å². The molecule has 4 nitrogen and oxygen atoms in total. The molecule has 0 bridgehead atoms. The van der Waals surface area contributed by atoms with Gasteiger partial charge in [0.25, 0.3) is 0 Å². The van der Waals surface area contributed by atoms with E-state index in [0.717, 1.165) is 28.1 Å². The molecule has 0 N–H and O–H groups in total. The molecule has 0 unspecified atom stereocenters. The minimum Gasteiger partial charge on any atom is -0.497 e. The van der Waals surface area contributed by atoms with E-state index in [1.807, 2.05) is 60.7 Å². The fourth-order valence-electron chi connectivity index (χ4n) is 2.50. The highest BCUT2D eigenvalue weighted by Gasteiger charge is 2.07. The SMILES string of the molecule is C=Cc1ccc(COC(=O)c2ccc(C=Nc3ccc(OC)cc3)cc2)cc1. The van der Waals surface area contributed by atoms with Crippen LogP contribution in [0.15, 0.2) is 84.4 Å². The van der Waals surface area contributed by atoms with Gasteiger partial charge in [0.15, 0.2) is 0 Å². The van der Waals surface area contributed by atoms with Gasteiger partial charge in [-0.25, -0.2) is 4.79 Å². The van der Waals surface area contributed by atoms with Crippen LogP contribution >= 0.6 is 0 Å². The minimum absolute atomic E-state index is 0.233. The molecule has 0 atom stereocenters. The van der Waals surface area contributed by atoms with Crippen molar-refractivity contribution in [3.8, 4) is 5.75 Å². The van der Waals surface area contributed by atoms with Crippen LogP contribution in [0.2, 0.25) is 0 Å². The van der Waals surface area contributed by atoms with E-state index in [1.165, 1.54) is 0 Å². The molecule has 0 spiro atoms. The molecule has 0 aliphatic heterocycles. The maximum absolute atomic E-state index is 12.2. The molecule has 3 aromatic carbocycles. The first-order valence-electron chi connectivity index (χ1n) is 8.84. The van der Waals surface area contributed by atoms with E-state index < -0.39 is 0 Å². The Kier molecular flexibility index (Phi) is 6.37. The molecular weight excluding hydrogens is 350 g/mol. The maximum atomic E-state index is 12.2. The molecular formula is C24H21NO3. The van der Waals surface area contributed by atoms with E-state index in [1.54, 1.807) is 31.5 Å². The van der Waals surface area contributed by atoms with Crippen molar-refractivity contribution in [3.05, 3.63) is 102 Å². The summed E-state index contributed by atoms with van der Waals surface area (Å²) in [5.41, 5.74) is 4.19. The summed E-state index contributed by atoms with van der Waals surface area (Å²) < 4.78 is 10.5. The predicted octanol–water partition coefficient (Wildman–Crippen LogP) is 5.45. The number of hydrogen-bond donors (Lipinski definition) is 0. The Labute approximate surface area is 164 Å². The number of nitrogens with zero attached hydrogens (tertiary/aromatic N) is 1. The van der Waals surface area contributed by atoms with Gasteiger partial charge in [0.1, 0.15) is 12.4 Å². The van der Waals surface area contributed by atoms with Gasteiger partial charge in [0, 0.05) is 6.21 Å². The third-order valence-corrected chi connectivity index (χ3v) is 4.17.